The number of likely N-dealkylation sites (N-methyl/N-ethyl adjacent to an activating group) is 1. The fourth-order valence-electron chi connectivity index (χ4n) is 5.92. The van der Waals surface area contributed by atoms with E-state index in [-0.39, 0.29) is 34.9 Å². The van der Waals surface area contributed by atoms with Crippen LogP contribution in [0.15, 0.2) is 24.0 Å². The van der Waals surface area contributed by atoms with E-state index in [4.69, 9.17) is 31.7 Å². The number of aromatic nitrogens is 2. The maximum atomic E-state index is 13.1. The second-order valence-electron chi connectivity index (χ2n) is 11.4. The van der Waals surface area contributed by atoms with Crippen molar-refractivity contribution in [3.05, 3.63) is 40.2 Å². The van der Waals surface area contributed by atoms with Gasteiger partial charge in [0.1, 0.15) is 30.0 Å². The Hall–Kier alpha value is -2.93. The van der Waals surface area contributed by atoms with Gasteiger partial charge in [0, 0.05) is 48.4 Å². The first-order chi connectivity index (χ1) is 19.7. The van der Waals surface area contributed by atoms with E-state index >= 15 is 0 Å². The van der Waals surface area contributed by atoms with Gasteiger partial charge in [-0.15, -0.1) is 0 Å². The molecule has 0 bridgehead atoms. The minimum absolute atomic E-state index is 0.0535. The fourth-order valence-corrected chi connectivity index (χ4v) is 6.12. The van der Waals surface area contributed by atoms with Crippen LogP contribution in [0.1, 0.15) is 37.9 Å². The SMILES string of the molecule is CNC[C@@H](O)COc1ccc(Cl)c(-c2nc(/C(C(C)=N)=C(\C)O)c(C)c(N3CC4(CCCN(CC(F)(F)F)C4)C3)n2)c1. The molecule has 4 N–H and O–H groups in total. The average molecular weight is 611 g/mol. The van der Waals surface area contributed by atoms with Crippen LogP contribution in [0.25, 0.3) is 17.0 Å². The van der Waals surface area contributed by atoms with E-state index in [1.165, 1.54) is 11.8 Å². The Morgan fingerprint density at radius 1 is 1.24 bits per heavy atom. The number of aliphatic hydroxyl groups is 2. The minimum Gasteiger partial charge on any atom is -0.512 e. The summed E-state index contributed by atoms with van der Waals surface area (Å²) < 4.78 is 45.1. The molecule has 2 fully saturated rings. The molecule has 1 aromatic heterocycles. The van der Waals surface area contributed by atoms with Crippen molar-refractivity contribution in [1.82, 2.24) is 20.2 Å². The van der Waals surface area contributed by atoms with Gasteiger partial charge in [-0.05, 0) is 65.4 Å². The Kier molecular flexibility index (Phi) is 9.71. The third-order valence-electron chi connectivity index (χ3n) is 7.65. The molecule has 0 radical (unpaired) electrons. The number of hydrogen-bond acceptors (Lipinski definition) is 9. The second-order valence-corrected chi connectivity index (χ2v) is 11.8. The van der Waals surface area contributed by atoms with Gasteiger partial charge >= 0.3 is 6.18 Å². The van der Waals surface area contributed by atoms with E-state index in [1.54, 1.807) is 32.2 Å². The van der Waals surface area contributed by atoms with Crippen molar-refractivity contribution in [2.45, 2.75) is 45.9 Å². The highest BCUT2D eigenvalue weighted by atomic mass is 35.5. The Bertz CT molecular complexity index is 1340. The number of benzene rings is 1. The number of hydrogen-bond donors (Lipinski definition) is 4. The Morgan fingerprint density at radius 3 is 2.57 bits per heavy atom. The molecule has 0 aliphatic carbocycles. The molecule has 2 aromatic rings. The quantitative estimate of drug-likeness (QED) is 0.223. The molecule has 13 heteroatoms. The van der Waals surface area contributed by atoms with Gasteiger partial charge in [0.15, 0.2) is 5.82 Å². The molecule has 0 saturated carbocycles. The summed E-state index contributed by atoms with van der Waals surface area (Å²) in [6.07, 6.45) is -3.44. The molecule has 4 rings (SSSR count). The topological polar surface area (TPSA) is 118 Å². The summed E-state index contributed by atoms with van der Waals surface area (Å²) >= 11 is 6.60. The average Bonchev–Trinajstić information content (AvgIpc) is 2.87. The summed E-state index contributed by atoms with van der Waals surface area (Å²) in [4.78, 5) is 13.1. The summed E-state index contributed by atoms with van der Waals surface area (Å²) in [5.41, 5.74) is 1.58. The zero-order valence-electron chi connectivity index (χ0n) is 24.3. The smallest absolute Gasteiger partial charge is 0.401 e. The van der Waals surface area contributed by atoms with E-state index in [0.29, 0.717) is 72.6 Å². The normalized spacial score (nSPS) is 18.5. The number of halogens is 4. The van der Waals surface area contributed by atoms with Crippen LogP contribution in [0, 0.1) is 17.7 Å². The highest BCUT2D eigenvalue weighted by Gasteiger charge is 2.48. The van der Waals surface area contributed by atoms with Crippen molar-refractivity contribution in [2.24, 2.45) is 5.41 Å². The lowest BCUT2D eigenvalue weighted by atomic mass is 9.73. The van der Waals surface area contributed by atoms with Crippen LogP contribution < -0.4 is 15.0 Å². The van der Waals surface area contributed by atoms with Crippen molar-refractivity contribution in [2.75, 3.05) is 57.8 Å². The lowest BCUT2D eigenvalue weighted by Crippen LogP contribution is -2.64. The summed E-state index contributed by atoms with van der Waals surface area (Å²) in [7, 11) is 1.73. The zero-order chi connectivity index (χ0) is 30.8. The first-order valence-corrected chi connectivity index (χ1v) is 14.2. The van der Waals surface area contributed by atoms with Gasteiger partial charge in [-0.3, -0.25) is 4.90 Å². The maximum Gasteiger partial charge on any atom is 0.401 e. The number of likely N-dealkylation sites (tertiary alicyclic amines) is 1. The Labute approximate surface area is 248 Å². The molecule has 230 valence electrons. The monoisotopic (exact) mass is 610 g/mol. The predicted molar refractivity (Wildman–Crippen MR) is 158 cm³/mol. The molecule has 2 aliphatic rings. The van der Waals surface area contributed by atoms with E-state index in [0.717, 1.165) is 6.42 Å². The van der Waals surface area contributed by atoms with Crippen molar-refractivity contribution in [3.63, 3.8) is 0 Å². The highest BCUT2D eigenvalue weighted by molar-refractivity contribution is 6.33. The largest absolute Gasteiger partial charge is 0.512 e. The maximum absolute atomic E-state index is 13.1. The second kappa shape index (κ2) is 12.7. The number of nitrogens with zero attached hydrogens (tertiary/aromatic N) is 4. The minimum atomic E-state index is -4.24. The van der Waals surface area contributed by atoms with Crippen LogP contribution in [0.3, 0.4) is 0 Å². The Morgan fingerprint density at radius 2 is 1.95 bits per heavy atom. The van der Waals surface area contributed by atoms with Crippen LogP contribution in [-0.4, -0.2) is 96.0 Å². The van der Waals surface area contributed by atoms with E-state index in [2.05, 4.69) is 5.32 Å². The number of aliphatic hydroxyl groups excluding tert-OH is 2. The van der Waals surface area contributed by atoms with Gasteiger partial charge in [-0.2, -0.15) is 13.2 Å². The van der Waals surface area contributed by atoms with Crippen LogP contribution in [0.4, 0.5) is 19.0 Å². The first kappa shape index (κ1) is 32.0. The van der Waals surface area contributed by atoms with Crippen LogP contribution >= 0.6 is 11.6 Å². The van der Waals surface area contributed by atoms with E-state index in [9.17, 15) is 23.4 Å². The van der Waals surface area contributed by atoms with Crippen LogP contribution in [0.5, 0.6) is 5.75 Å². The van der Waals surface area contributed by atoms with Crippen molar-refractivity contribution < 1.29 is 28.1 Å². The number of rotatable bonds is 10. The molecule has 9 nitrogen and oxygen atoms in total. The molecule has 0 unspecified atom stereocenters. The van der Waals surface area contributed by atoms with Gasteiger partial charge in [0.05, 0.1) is 22.8 Å². The molecule has 1 spiro atoms. The summed E-state index contributed by atoms with van der Waals surface area (Å²) in [5.74, 6) is 1.20. The molecule has 0 amide bonds. The summed E-state index contributed by atoms with van der Waals surface area (Å²) in [6.45, 7) is 6.19. The molecule has 3 heterocycles. The fraction of sp³-hybridized carbons (Fsp3) is 0.552. The molecule has 2 saturated heterocycles. The number of nitrogens with one attached hydrogen (secondary N) is 2. The molecular formula is C29H38ClF3N6O3. The highest BCUT2D eigenvalue weighted by Crippen LogP contribution is 2.44. The number of alkyl halides is 3. The van der Waals surface area contributed by atoms with Crippen molar-refractivity contribution in [3.8, 4) is 17.1 Å². The van der Waals surface area contributed by atoms with Gasteiger partial charge in [-0.1, -0.05) is 11.6 Å². The van der Waals surface area contributed by atoms with Crippen LogP contribution in [0.2, 0.25) is 5.02 Å². The number of ether oxygens (including phenoxy) is 1. The molecule has 2 aliphatic heterocycles. The molecule has 1 atom stereocenters. The van der Waals surface area contributed by atoms with Gasteiger partial charge in [0.25, 0.3) is 0 Å². The Balaban J connectivity index is 1.70. The third kappa shape index (κ3) is 7.34. The van der Waals surface area contributed by atoms with Crippen LogP contribution in [-0.2, 0) is 0 Å². The zero-order valence-corrected chi connectivity index (χ0v) is 25.0. The van der Waals surface area contributed by atoms with E-state index in [1.807, 2.05) is 11.8 Å². The predicted octanol–water partition coefficient (Wildman–Crippen LogP) is 4.86. The summed E-state index contributed by atoms with van der Waals surface area (Å²) in [5, 5.41) is 32.1. The van der Waals surface area contributed by atoms with Crippen molar-refractivity contribution in [1.29, 1.82) is 5.41 Å². The first-order valence-electron chi connectivity index (χ1n) is 13.9. The summed E-state index contributed by atoms with van der Waals surface area (Å²) in [6, 6.07) is 4.99. The third-order valence-corrected chi connectivity index (χ3v) is 7.98. The lowest BCUT2D eigenvalue weighted by Gasteiger charge is -2.55. The molecular weight excluding hydrogens is 573 g/mol. The lowest BCUT2D eigenvalue weighted by molar-refractivity contribution is -0.153. The van der Waals surface area contributed by atoms with Crippen molar-refractivity contribution >= 4 is 28.7 Å². The molecule has 1 aromatic carbocycles. The number of piperidine rings is 1. The van der Waals surface area contributed by atoms with Gasteiger partial charge < -0.3 is 30.6 Å². The van der Waals surface area contributed by atoms with E-state index < -0.39 is 18.8 Å². The standard InChI is InChI=1S/C29H38ClF3N6O3/c1-17-25(24(18(2)34)19(3)40)36-26(22-10-21(6-7-23(22)30)42-12-20(41)11-35-4)37-27(17)39-14-28(15-39)8-5-9-38(13-28)16-29(31,32)33/h6-7,10,20,34-35,40-41H,5,8-9,11-16H2,1-4H3/b24-19+,34-18?/t20-/m1/s1. The number of allylic oxidation sites excluding steroid dienone is 2. The van der Waals surface area contributed by atoms with Gasteiger partial charge in [-0.25, -0.2) is 9.97 Å². The van der Waals surface area contributed by atoms with Gasteiger partial charge in [0.2, 0.25) is 0 Å². The number of anilines is 1. The molecule has 42 heavy (non-hydrogen) atoms.